The summed E-state index contributed by atoms with van der Waals surface area (Å²) in [5.41, 5.74) is 2.22. The van der Waals surface area contributed by atoms with Gasteiger partial charge in [0.15, 0.2) is 0 Å². The molecule has 0 bridgehead atoms. The van der Waals surface area contributed by atoms with Gasteiger partial charge in [-0.1, -0.05) is 12.5 Å². The smallest absolute Gasteiger partial charge is 0.226 e. The standard InChI is InChI=1S/C14H18N2O/c1-10-4-3-7-15-13(10)9-16-8-11-5-2-6-12(11)14(16)17/h3-4,7,11-12H,2,5-6,8-9H2,1H3. The minimum Gasteiger partial charge on any atom is -0.336 e. The van der Waals surface area contributed by atoms with Gasteiger partial charge in [0.1, 0.15) is 0 Å². The lowest BCUT2D eigenvalue weighted by atomic mass is 10.0. The molecule has 1 amide bonds. The van der Waals surface area contributed by atoms with Crippen LogP contribution in [0.25, 0.3) is 0 Å². The second-order valence-electron chi connectivity index (χ2n) is 5.28. The van der Waals surface area contributed by atoms with Crippen LogP contribution in [0.1, 0.15) is 30.5 Å². The van der Waals surface area contributed by atoms with E-state index in [1.807, 2.05) is 17.2 Å². The third kappa shape index (κ3) is 1.84. The third-order valence-corrected chi connectivity index (χ3v) is 4.20. The number of aryl methyl sites for hydroxylation is 1. The zero-order chi connectivity index (χ0) is 11.8. The zero-order valence-corrected chi connectivity index (χ0v) is 10.2. The van der Waals surface area contributed by atoms with E-state index in [2.05, 4.69) is 18.0 Å². The molecule has 1 saturated heterocycles. The summed E-state index contributed by atoms with van der Waals surface area (Å²) in [5, 5.41) is 0. The molecule has 17 heavy (non-hydrogen) atoms. The van der Waals surface area contributed by atoms with Gasteiger partial charge >= 0.3 is 0 Å². The minimum atomic E-state index is 0.319. The van der Waals surface area contributed by atoms with E-state index in [0.717, 1.165) is 18.7 Å². The van der Waals surface area contributed by atoms with Gasteiger partial charge in [-0.25, -0.2) is 0 Å². The molecule has 1 aliphatic heterocycles. The molecular weight excluding hydrogens is 212 g/mol. The minimum absolute atomic E-state index is 0.319. The summed E-state index contributed by atoms with van der Waals surface area (Å²) in [6.07, 6.45) is 5.37. The van der Waals surface area contributed by atoms with Crippen molar-refractivity contribution in [3.63, 3.8) is 0 Å². The molecule has 1 aliphatic carbocycles. The van der Waals surface area contributed by atoms with Crippen molar-refractivity contribution in [1.82, 2.24) is 9.88 Å². The normalized spacial score (nSPS) is 27.6. The van der Waals surface area contributed by atoms with E-state index in [0.29, 0.717) is 24.3 Å². The van der Waals surface area contributed by atoms with E-state index in [-0.39, 0.29) is 0 Å². The van der Waals surface area contributed by atoms with E-state index in [1.165, 1.54) is 18.4 Å². The number of carbonyl (C=O) groups is 1. The molecule has 2 heterocycles. The summed E-state index contributed by atoms with van der Waals surface area (Å²) in [6, 6.07) is 4.00. The fourth-order valence-corrected chi connectivity index (χ4v) is 3.20. The molecule has 3 rings (SSSR count). The van der Waals surface area contributed by atoms with Gasteiger partial charge in [0.2, 0.25) is 5.91 Å². The maximum Gasteiger partial charge on any atom is 0.226 e. The Morgan fingerprint density at radius 1 is 1.47 bits per heavy atom. The van der Waals surface area contributed by atoms with Gasteiger partial charge in [-0.2, -0.15) is 0 Å². The first-order valence-electron chi connectivity index (χ1n) is 6.45. The number of hydrogen-bond acceptors (Lipinski definition) is 2. The molecule has 2 unspecified atom stereocenters. The first kappa shape index (κ1) is 10.8. The van der Waals surface area contributed by atoms with E-state index in [9.17, 15) is 4.79 Å². The van der Waals surface area contributed by atoms with Gasteiger partial charge in [-0.15, -0.1) is 0 Å². The van der Waals surface area contributed by atoms with Crippen LogP contribution in [-0.4, -0.2) is 22.3 Å². The molecule has 2 fully saturated rings. The monoisotopic (exact) mass is 230 g/mol. The van der Waals surface area contributed by atoms with Crippen LogP contribution in [0.5, 0.6) is 0 Å². The van der Waals surface area contributed by atoms with E-state index in [4.69, 9.17) is 0 Å². The van der Waals surface area contributed by atoms with Gasteiger partial charge in [-0.05, 0) is 37.3 Å². The molecule has 2 atom stereocenters. The van der Waals surface area contributed by atoms with Crippen LogP contribution in [0, 0.1) is 18.8 Å². The van der Waals surface area contributed by atoms with Crippen molar-refractivity contribution in [3.8, 4) is 0 Å². The lowest BCUT2D eigenvalue weighted by molar-refractivity contribution is -0.131. The summed E-state index contributed by atoms with van der Waals surface area (Å²) in [7, 11) is 0. The molecule has 90 valence electrons. The van der Waals surface area contributed by atoms with Crippen molar-refractivity contribution >= 4 is 5.91 Å². The van der Waals surface area contributed by atoms with E-state index >= 15 is 0 Å². The largest absolute Gasteiger partial charge is 0.336 e. The molecule has 3 nitrogen and oxygen atoms in total. The average Bonchev–Trinajstić information content (AvgIpc) is 2.87. The molecule has 0 N–H and O–H groups in total. The fraction of sp³-hybridized carbons (Fsp3) is 0.571. The van der Waals surface area contributed by atoms with Crippen LogP contribution in [0.3, 0.4) is 0 Å². The third-order valence-electron chi connectivity index (χ3n) is 4.20. The van der Waals surface area contributed by atoms with E-state index in [1.54, 1.807) is 0 Å². The Balaban J connectivity index is 1.75. The number of likely N-dealkylation sites (tertiary alicyclic amines) is 1. The number of pyridine rings is 1. The molecule has 1 aromatic heterocycles. The van der Waals surface area contributed by atoms with Crippen molar-refractivity contribution < 1.29 is 4.79 Å². The zero-order valence-electron chi connectivity index (χ0n) is 10.2. The summed E-state index contributed by atoms with van der Waals surface area (Å²) in [4.78, 5) is 18.6. The maximum atomic E-state index is 12.2. The number of carbonyl (C=O) groups excluding carboxylic acids is 1. The number of rotatable bonds is 2. The number of aromatic nitrogens is 1. The number of amides is 1. The number of fused-ring (bicyclic) bond motifs is 1. The fourth-order valence-electron chi connectivity index (χ4n) is 3.20. The molecule has 1 saturated carbocycles. The van der Waals surface area contributed by atoms with Gasteiger partial charge in [0.05, 0.1) is 12.2 Å². The van der Waals surface area contributed by atoms with Crippen molar-refractivity contribution in [2.75, 3.05) is 6.54 Å². The van der Waals surface area contributed by atoms with Crippen LogP contribution in [0.15, 0.2) is 18.3 Å². The van der Waals surface area contributed by atoms with Crippen molar-refractivity contribution in [3.05, 3.63) is 29.6 Å². The van der Waals surface area contributed by atoms with Gasteiger partial charge in [-0.3, -0.25) is 9.78 Å². The molecular formula is C14H18N2O. The Morgan fingerprint density at radius 2 is 2.35 bits per heavy atom. The second-order valence-corrected chi connectivity index (χ2v) is 5.28. The SMILES string of the molecule is Cc1cccnc1CN1CC2CCCC2C1=O. The highest BCUT2D eigenvalue weighted by atomic mass is 16.2. The molecule has 0 radical (unpaired) electrons. The quantitative estimate of drug-likeness (QED) is 0.780. The highest BCUT2D eigenvalue weighted by Crippen LogP contribution is 2.39. The Kier molecular flexibility index (Phi) is 2.61. The molecule has 0 aromatic carbocycles. The first-order valence-corrected chi connectivity index (χ1v) is 6.45. The number of nitrogens with zero attached hydrogens (tertiary/aromatic N) is 2. The van der Waals surface area contributed by atoms with Crippen molar-refractivity contribution in [1.29, 1.82) is 0 Å². The lowest BCUT2D eigenvalue weighted by Gasteiger charge is -2.18. The lowest BCUT2D eigenvalue weighted by Crippen LogP contribution is -2.27. The summed E-state index contributed by atoms with van der Waals surface area (Å²) >= 11 is 0. The first-order chi connectivity index (χ1) is 8.25. The average molecular weight is 230 g/mol. The summed E-state index contributed by atoms with van der Waals surface area (Å²) in [5.74, 6) is 1.29. The van der Waals surface area contributed by atoms with Crippen LogP contribution in [0.4, 0.5) is 0 Å². The topological polar surface area (TPSA) is 33.2 Å². The molecule has 2 aliphatic rings. The van der Waals surface area contributed by atoms with Crippen LogP contribution in [-0.2, 0) is 11.3 Å². The number of hydrogen-bond donors (Lipinski definition) is 0. The molecule has 3 heteroatoms. The Labute approximate surface area is 102 Å². The van der Waals surface area contributed by atoms with Crippen LogP contribution in [0.2, 0.25) is 0 Å². The van der Waals surface area contributed by atoms with Crippen molar-refractivity contribution in [2.45, 2.75) is 32.7 Å². The van der Waals surface area contributed by atoms with Gasteiger partial charge < -0.3 is 4.90 Å². The Bertz CT molecular complexity index is 444. The van der Waals surface area contributed by atoms with Crippen molar-refractivity contribution in [2.24, 2.45) is 11.8 Å². The van der Waals surface area contributed by atoms with Crippen LogP contribution >= 0.6 is 0 Å². The summed E-state index contributed by atoms with van der Waals surface area (Å²) < 4.78 is 0. The Morgan fingerprint density at radius 3 is 3.12 bits per heavy atom. The highest BCUT2D eigenvalue weighted by Gasteiger charge is 2.42. The van der Waals surface area contributed by atoms with Gasteiger partial charge in [0, 0.05) is 18.7 Å². The maximum absolute atomic E-state index is 12.2. The summed E-state index contributed by atoms with van der Waals surface area (Å²) in [6.45, 7) is 3.70. The predicted molar refractivity (Wildman–Crippen MR) is 65.2 cm³/mol. The Hall–Kier alpha value is -1.38. The second kappa shape index (κ2) is 4.13. The van der Waals surface area contributed by atoms with E-state index < -0.39 is 0 Å². The van der Waals surface area contributed by atoms with Crippen LogP contribution < -0.4 is 0 Å². The van der Waals surface area contributed by atoms with Gasteiger partial charge in [0.25, 0.3) is 0 Å². The highest BCUT2D eigenvalue weighted by molar-refractivity contribution is 5.81. The molecule has 1 aromatic rings. The predicted octanol–water partition coefficient (Wildman–Crippen LogP) is 2.15. The molecule has 0 spiro atoms.